The predicted molar refractivity (Wildman–Crippen MR) is 61.9 cm³/mol. The van der Waals surface area contributed by atoms with E-state index in [2.05, 4.69) is 3.77 Å². The molecule has 0 heterocycles. The van der Waals surface area contributed by atoms with Gasteiger partial charge in [0.25, 0.3) is 15.7 Å². The molecule has 1 aromatic rings. The fraction of sp³-hybridized carbons (Fsp3) is 0.250. The number of sulfonamides is 1. The third kappa shape index (κ3) is 3.70. The Hall–Kier alpha value is -1.28. The van der Waals surface area contributed by atoms with Crippen LogP contribution in [0.2, 0.25) is 0 Å². The van der Waals surface area contributed by atoms with Crippen LogP contribution in [0.4, 0.5) is 5.69 Å². The van der Waals surface area contributed by atoms with Crippen molar-refractivity contribution in [2.45, 2.75) is 4.90 Å². The summed E-state index contributed by atoms with van der Waals surface area (Å²) in [6.07, 6.45) is 2.66. The molecule has 1 atom stereocenters. The van der Waals surface area contributed by atoms with E-state index in [1.165, 1.54) is 24.3 Å². The summed E-state index contributed by atoms with van der Waals surface area (Å²) in [5.41, 5.74) is -0.0277. The van der Waals surface area contributed by atoms with E-state index in [9.17, 15) is 18.5 Å². The Balaban J connectivity index is 3.08. The van der Waals surface area contributed by atoms with Crippen molar-refractivity contribution in [2.24, 2.45) is 3.77 Å². The minimum Gasteiger partial charge on any atom is -0.258 e. The maximum absolute atomic E-state index is 10.9. The molecular formula is C8H10N2O4S2. The minimum absolute atomic E-state index is 0.0277. The summed E-state index contributed by atoms with van der Waals surface area (Å²) in [6, 6.07) is 5.68. The van der Waals surface area contributed by atoms with Gasteiger partial charge in [-0.15, -0.1) is 3.77 Å². The molecule has 0 spiro atoms. The molecule has 0 amide bonds. The summed E-state index contributed by atoms with van der Waals surface area (Å²) in [5, 5.41) is 10.4. The zero-order chi connectivity index (χ0) is 12.3. The molecule has 8 heteroatoms. The van der Waals surface area contributed by atoms with Gasteiger partial charge in [-0.3, -0.25) is 10.1 Å². The average molecular weight is 262 g/mol. The minimum atomic E-state index is -3.39. The molecule has 1 rings (SSSR count). The van der Waals surface area contributed by atoms with Crippen molar-refractivity contribution in [3.63, 3.8) is 0 Å². The highest BCUT2D eigenvalue weighted by atomic mass is 32.3. The van der Waals surface area contributed by atoms with E-state index < -0.39 is 25.6 Å². The molecule has 0 aliphatic rings. The highest BCUT2D eigenvalue weighted by molar-refractivity contribution is 7.99. The molecule has 0 aromatic heterocycles. The fourth-order valence-corrected chi connectivity index (χ4v) is 3.51. The van der Waals surface area contributed by atoms with Gasteiger partial charge in [0.1, 0.15) is 0 Å². The van der Waals surface area contributed by atoms with E-state index in [0.717, 1.165) is 6.26 Å². The van der Waals surface area contributed by atoms with Gasteiger partial charge in [-0.05, 0) is 18.4 Å². The van der Waals surface area contributed by atoms with Crippen molar-refractivity contribution in [1.82, 2.24) is 0 Å². The number of nitro benzene ring substituents is 1. The molecule has 1 aromatic carbocycles. The number of nitro groups is 1. The molecule has 0 saturated heterocycles. The van der Waals surface area contributed by atoms with Gasteiger partial charge in [-0.1, -0.05) is 10.7 Å². The zero-order valence-corrected chi connectivity index (χ0v) is 10.3. The lowest BCUT2D eigenvalue weighted by Gasteiger charge is -2.00. The van der Waals surface area contributed by atoms with E-state index in [0.29, 0.717) is 4.90 Å². The van der Waals surface area contributed by atoms with Crippen molar-refractivity contribution in [3.05, 3.63) is 34.4 Å². The number of benzene rings is 1. The van der Waals surface area contributed by atoms with Crippen LogP contribution in [0, 0.1) is 10.1 Å². The third-order valence-electron chi connectivity index (χ3n) is 1.64. The highest BCUT2D eigenvalue weighted by Gasteiger charge is 2.06. The lowest BCUT2D eigenvalue weighted by atomic mass is 10.3. The van der Waals surface area contributed by atoms with Crippen LogP contribution in [0.25, 0.3) is 0 Å². The molecule has 0 unspecified atom stereocenters. The van der Waals surface area contributed by atoms with Gasteiger partial charge in [-0.2, -0.15) is 0 Å². The van der Waals surface area contributed by atoms with Crippen LogP contribution >= 0.6 is 0 Å². The largest absolute Gasteiger partial charge is 0.269 e. The molecule has 0 saturated carbocycles. The first-order chi connectivity index (χ1) is 7.29. The summed E-state index contributed by atoms with van der Waals surface area (Å²) in [7, 11) is -4.20. The number of hydrogen-bond acceptors (Lipinski definition) is 4. The zero-order valence-electron chi connectivity index (χ0n) is 8.65. The first-order valence-electron chi connectivity index (χ1n) is 4.13. The molecule has 6 nitrogen and oxygen atoms in total. The molecule has 0 N–H and O–H groups in total. The van der Waals surface area contributed by atoms with E-state index in [1.54, 1.807) is 6.26 Å². The summed E-state index contributed by atoms with van der Waals surface area (Å²) >= 11 is 0. The normalized spacial score (nSPS) is 13.6. The maximum Gasteiger partial charge on any atom is 0.269 e. The Kier molecular flexibility index (Phi) is 3.76. The second-order valence-electron chi connectivity index (χ2n) is 3.04. The molecule has 0 aliphatic carbocycles. The van der Waals surface area contributed by atoms with Crippen LogP contribution in [-0.4, -0.2) is 25.9 Å². The first-order valence-corrected chi connectivity index (χ1v) is 7.57. The number of nitrogens with zero attached hydrogens (tertiary/aromatic N) is 2. The van der Waals surface area contributed by atoms with Crippen LogP contribution in [0.3, 0.4) is 0 Å². The number of non-ortho nitro benzene ring substituents is 1. The van der Waals surface area contributed by atoms with Crippen molar-refractivity contribution < 1.29 is 13.3 Å². The maximum atomic E-state index is 10.9. The van der Waals surface area contributed by atoms with Gasteiger partial charge < -0.3 is 0 Å². The van der Waals surface area contributed by atoms with Gasteiger partial charge in [0, 0.05) is 17.0 Å². The SMILES string of the molecule is C[S@](=NS(C)(=O)=O)c1ccc([N+](=O)[O-])cc1. The Morgan fingerprint density at radius 1 is 1.31 bits per heavy atom. The molecule has 88 valence electrons. The van der Waals surface area contributed by atoms with Crippen molar-refractivity contribution in [1.29, 1.82) is 0 Å². The first kappa shape index (κ1) is 12.8. The Morgan fingerprint density at radius 2 is 1.81 bits per heavy atom. The van der Waals surface area contributed by atoms with Crippen LogP contribution in [0.15, 0.2) is 32.9 Å². The van der Waals surface area contributed by atoms with Crippen molar-refractivity contribution >= 4 is 26.4 Å². The summed E-state index contributed by atoms with van der Waals surface area (Å²) < 4.78 is 25.4. The molecule has 0 fully saturated rings. The van der Waals surface area contributed by atoms with Gasteiger partial charge >= 0.3 is 0 Å². The van der Waals surface area contributed by atoms with Gasteiger partial charge in [0.2, 0.25) is 0 Å². The number of rotatable bonds is 3. The van der Waals surface area contributed by atoms with E-state index in [4.69, 9.17) is 0 Å². The van der Waals surface area contributed by atoms with Gasteiger partial charge in [0.15, 0.2) is 0 Å². The molecule has 0 radical (unpaired) electrons. The van der Waals surface area contributed by atoms with Crippen LogP contribution in [-0.2, 0) is 20.7 Å². The Bertz CT molecular complexity index is 534. The predicted octanol–water partition coefficient (Wildman–Crippen LogP) is 1.35. The van der Waals surface area contributed by atoms with Crippen LogP contribution in [0.5, 0.6) is 0 Å². The smallest absolute Gasteiger partial charge is 0.258 e. The Morgan fingerprint density at radius 3 is 2.19 bits per heavy atom. The summed E-state index contributed by atoms with van der Waals surface area (Å²) in [4.78, 5) is 10.5. The van der Waals surface area contributed by atoms with E-state index in [1.807, 2.05) is 0 Å². The van der Waals surface area contributed by atoms with Gasteiger partial charge in [-0.25, -0.2) is 8.42 Å². The third-order valence-corrected chi connectivity index (χ3v) is 4.57. The monoisotopic (exact) mass is 262 g/mol. The molecule has 0 aliphatic heterocycles. The topological polar surface area (TPSA) is 89.6 Å². The standard InChI is InChI=1S/C8H10N2O4S2/c1-15(9-16(2,13)14)8-5-3-7(4-6-8)10(11)12/h3-6H,1-2H3/t15-/m0/s1. The highest BCUT2D eigenvalue weighted by Crippen LogP contribution is 2.15. The fourth-order valence-electron chi connectivity index (χ4n) is 1.01. The quantitative estimate of drug-likeness (QED) is 0.607. The lowest BCUT2D eigenvalue weighted by Crippen LogP contribution is -1.96. The molecule has 16 heavy (non-hydrogen) atoms. The van der Waals surface area contributed by atoms with Gasteiger partial charge in [0.05, 0.1) is 11.2 Å². The van der Waals surface area contributed by atoms with Crippen molar-refractivity contribution in [2.75, 3.05) is 12.5 Å². The summed E-state index contributed by atoms with van der Waals surface area (Å²) in [6.45, 7) is 0. The number of hydrogen-bond donors (Lipinski definition) is 0. The van der Waals surface area contributed by atoms with E-state index in [-0.39, 0.29) is 5.69 Å². The van der Waals surface area contributed by atoms with Crippen molar-refractivity contribution in [3.8, 4) is 0 Å². The van der Waals surface area contributed by atoms with E-state index >= 15 is 0 Å². The second-order valence-corrected chi connectivity index (χ2v) is 6.53. The molecular weight excluding hydrogens is 252 g/mol. The summed E-state index contributed by atoms with van der Waals surface area (Å²) in [5.74, 6) is 0. The van der Waals surface area contributed by atoms with Crippen LogP contribution in [0.1, 0.15) is 0 Å². The van der Waals surface area contributed by atoms with Crippen LogP contribution < -0.4 is 0 Å². The Labute approximate surface area is 95.6 Å². The molecule has 0 bridgehead atoms. The lowest BCUT2D eigenvalue weighted by molar-refractivity contribution is -0.384. The average Bonchev–Trinajstić information content (AvgIpc) is 2.15. The second kappa shape index (κ2) is 4.71.